The molecule has 5 rings (SSSR count). The highest BCUT2D eigenvalue weighted by atomic mass is 16.5. The van der Waals surface area contributed by atoms with E-state index in [1.165, 1.54) is 6.42 Å². The van der Waals surface area contributed by atoms with E-state index in [9.17, 15) is 4.79 Å². The van der Waals surface area contributed by atoms with Gasteiger partial charge in [0.15, 0.2) is 0 Å². The van der Waals surface area contributed by atoms with Gasteiger partial charge in [-0.2, -0.15) is 0 Å². The van der Waals surface area contributed by atoms with Gasteiger partial charge in [0.2, 0.25) is 5.95 Å². The quantitative estimate of drug-likeness (QED) is 0.717. The largest absolute Gasteiger partial charge is 0.377 e. The number of rotatable bonds is 4. The van der Waals surface area contributed by atoms with Crippen LogP contribution >= 0.6 is 0 Å². The summed E-state index contributed by atoms with van der Waals surface area (Å²) in [6.07, 6.45) is 8.44. The molecule has 4 heterocycles. The monoisotopic (exact) mass is 378 g/mol. The fraction of sp³-hybridized carbons (Fsp3) is 0.400. The highest BCUT2D eigenvalue weighted by Gasteiger charge is 2.33. The Hall–Kier alpha value is -3.00. The van der Waals surface area contributed by atoms with Crippen LogP contribution < -0.4 is 16.6 Å². The maximum absolute atomic E-state index is 13.3. The second-order valence-corrected chi connectivity index (χ2v) is 7.91. The van der Waals surface area contributed by atoms with Crippen molar-refractivity contribution >= 4 is 22.5 Å². The van der Waals surface area contributed by atoms with Crippen LogP contribution in [-0.4, -0.2) is 38.3 Å². The lowest BCUT2D eigenvalue weighted by molar-refractivity contribution is -0.0246. The molecule has 3 N–H and O–H groups in total. The lowest BCUT2D eigenvalue weighted by Gasteiger charge is -2.40. The molecular formula is C20H22N6O2. The van der Waals surface area contributed by atoms with Gasteiger partial charge in [-0.25, -0.2) is 15.0 Å². The molecule has 0 bridgehead atoms. The lowest BCUT2D eigenvalue weighted by Crippen LogP contribution is -2.42. The predicted molar refractivity (Wildman–Crippen MR) is 107 cm³/mol. The second kappa shape index (κ2) is 6.27. The van der Waals surface area contributed by atoms with E-state index in [1.807, 2.05) is 18.3 Å². The van der Waals surface area contributed by atoms with Gasteiger partial charge in [0, 0.05) is 29.7 Å². The molecule has 8 nitrogen and oxygen atoms in total. The van der Waals surface area contributed by atoms with E-state index in [1.54, 1.807) is 17.0 Å². The number of nitrogens with zero attached hydrogens (tertiary/aromatic N) is 4. The van der Waals surface area contributed by atoms with Gasteiger partial charge in [-0.05, 0) is 43.7 Å². The van der Waals surface area contributed by atoms with Crippen LogP contribution in [0.25, 0.3) is 22.0 Å². The van der Waals surface area contributed by atoms with Crippen LogP contribution in [-0.2, 0) is 4.74 Å². The molecule has 1 saturated heterocycles. The molecule has 8 heteroatoms. The Morgan fingerprint density at radius 1 is 1.29 bits per heavy atom. The number of hydrogen-bond donors (Lipinski definition) is 2. The van der Waals surface area contributed by atoms with E-state index in [4.69, 9.17) is 15.5 Å². The van der Waals surface area contributed by atoms with Crippen molar-refractivity contribution in [3.8, 4) is 11.3 Å². The zero-order valence-corrected chi connectivity index (χ0v) is 15.7. The van der Waals surface area contributed by atoms with Crippen molar-refractivity contribution in [2.45, 2.75) is 37.8 Å². The first-order chi connectivity index (χ1) is 13.5. The van der Waals surface area contributed by atoms with E-state index in [-0.39, 0.29) is 23.1 Å². The Morgan fingerprint density at radius 3 is 2.64 bits per heavy atom. The van der Waals surface area contributed by atoms with Gasteiger partial charge >= 0.3 is 0 Å². The van der Waals surface area contributed by atoms with Gasteiger partial charge in [0.1, 0.15) is 5.82 Å². The van der Waals surface area contributed by atoms with Crippen LogP contribution in [0, 0.1) is 0 Å². The number of nitrogens with two attached hydrogens (primary N) is 1. The summed E-state index contributed by atoms with van der Waals surface area (Å²) in [4.78, 5) is 26.2. The Labute approximate surface area is 161 Å². The van der Waals surface area contributed by atoms with Crippen molar-refractivity contribution in [1.82, 2.24) is 19.5 Å². The average Bonchev–Trinajstić information content (AvgIpc) is 2.61. The summed E-state index contributed by atoms with van der Waals surface area (Å²) in [5.74, 6) is 0.835. The molecule has 0 spiro atoms. The molecule has 28 heavy (non-hydrogen) atoms. The smallest absolute Gasteiger partial charge is 0.262 e. The minimum atomic E-state index is -0.0388. The minimum Gasteiger partial charge on any atom is -0.377 e. The number of aromatic nitrogens is 4. The number of anilines is 2. The third kappa shape index (κ3) is 2.80. The number of nitrogens with one attached hydrogen (secondary N) is 1. The molecule has 0 atom stereocenters. The molecular weight excluding hydrogens is 356 g/mol. The molecule has 0 aromatic carbocycles. The molecule has 3 aromatic heterocycles. The third-order valence-corrected chi connectivity index (χ3v) is 5.77. The van der Waals surface area contributed by atoms with E-state index in [0.29, 0.717) is 30.1 Å². The Kier molecular flexibility index (Phi) is 3.83. The van der Waals surface area contributed by atoms with E-state index >= 15 is 0 Å². The van der Waals surface area contributed by atoms with Gasteiger partial charge in [0.25, 0.3) is 5.56 Å². The Morgan fingerprint density at radius 2 is 2.04 bits per heavy atom. The summed E-state index contributed by atoms with van der Waals surface area (Å²) in [5.41, 5.74) is 7.00. The zero-order valence-electron chi connectivity index (χ0n) is 15.7. The van der Waals surface area contributed by atoms with Gasteiger partial charge in [-0.15, -0.1) is 0 Å². The first-order valence-corrected chi connectivity index (χ1v) is 9.52. The van der Waals surface area contributed by atoms with E-state index in [0.717, 1.165) is 23.8 Å². The Bertz CT molecular complexity index is 1100. The number of fused-ring (bicyclic) bond motifs is 1. The maximum Gasteiger partial charge on any atom is 0.262 e. The number of hydrogen-bond acceptors (Lipinski definition) is 7. The van der Waals surface area contributed by atoms with Gasteiger partial charge in [0.05, 0.1) is 30.3 Å². The van der Waals surface area contributed by atoms with Gasteiger partial charge < -0.3 is 20.4 Å². The topological polar surface area (TPSA) is 108 Å². The molecule has 3 aromatic rings. The highest BCUT2D eigenvalue weighted by Crippen LogP contribution is 2.36. The SMILES string of the molecule is CC1(Nc2nc(-c3cnc(N)nc3)cc3ccn(C4COC4)c(=O)c23)CCC1. The molecule has 0 unspecified atom stereocenters. The number of ether oxygens (including phenoxy) is 1. The van der Waals surface area contributed by atoms with Crippen molar-refractivity contribution in [3.05, 3.63) is 41.1 Å². The molecule has 1 aliphatic carbocycles. The molecule has 144 valence electrons. The molecule has 1 saturated carbocycles. The molecule has 0 amide bonds. The summed E-state index contributed by atoms with van der Waals surface area (Å²) in [6, 6.07) is 3.96. The average molecular weight is 378 g/mol. The van der Waals surface area contributed by atoms with Crippen LogP contribution in [0.5, 0.6) is 0 Å². The number of pyridine rings is 2. The highest BCUT2D eigenvalue weighted by molar-refractivity contribution is 5.94. The normalized spacial score (nSPS) is 18.5. The predicted octanol–water partition coefficient (Wildman–Crippen LogP) is 2.36. The summed E-state index contributed by atoms with van der Waals surface area (Å²) < 4.78 is 7.02. The minimum absolute atomic E-state index is 0.0381. The standard InChI is InChI=1S/C20H22N6O2/c1-20(4-2-5-20)25-17-16-12(3-6-26(18(16)27)14-10-28-11-14)7-15(24-17)13-8-22-19(21)23-9-13/h3,6-9,14H,2,4-5,10-11H2,1H3,(H,24,25)(H2,21,22,23). The Balaban J connectivity index is 1.69. The van der Waals surface area contributed by atoms with Crippen LogP contribution in [0.3, 0.4) is 0 Å². The van der Waals surface area contributed by atoms with Crippen LogP contribution in [0.15, 0.2) is 35.5 Å². The van der Waals surface area contributed by atoms with Crippen molar-refractivity contribution in [2.24, 2.45) is 0 Å². The molecule has 2 aliphatic rings. The van der Waals surface area contributed by atoms with Gasteiger partial charge in [-0.3, -0.25) is 4.79 Å². The summed E-state index contributed by atoms with van der Waals surface area (Å²) in [5, 5.41) is 5.00. The van der Waals surface area contributed by atoms with Crippen molar-refractivity contribution < 1.29 is 4.74 Å². The molecule has 1 aliphatic heterocycles. The van der Waals surface area contributed by atoms with Crippen molar-refractivity contribution in [3.63, 3.8) is 0 Å². The van der Waals surface area contributed by atoms with E-state index in [2.05, 4.69) is 22.2 Å². The van der Waals surface area contributed by atoms with Crippen molar-refractivity contribution in [1.29, 1.82) is 0 Å². The zero-order chi connectivity index (χ0) is 19.3. The molecule has 2 fully saturated rings. The second-order valence-electron chi connectivity index (χ2n) is 7.91. The fourth-order valence-corrected chi connectivity index (χ4v) is 3.78. The van der Waals surface area contributed by atoms with Crippen LogP contribution in [0.4, 0.5) is 11.8 Å². The van der Waals surface area contributed by atoms with E-state index < -0.39 is 0 Å². The summed E-state index contributed by atoms with van der Waals surface area (Å²) >= 11 is 0. The number of nitrogen functional groups attached to an aromatic ring is 1. The van der Waals surface area contributed by atoms with Crippen LogP contribution in [0.1, 0.15) is 32.2 Å². The first kappa shape index (κ1) is 17.1. The maximum atomic E-state index is 13.3. The fourth-order valence-electron chi connectivity index (χ4n) is 3.78. The summed E-state index contributed by atoms with van der Waals surface area (Å²) in [7, 11) is 0. The summed E-state index contributed by atoms with van der Waals surface area (Å²) in [6.45, 7) is 3.31. The van der Waals surface area contributed by atoms with Crippen LogP contribution in [0.2, 0.25) is 0 Å². The van der Waals surface area contributed by atoms with Gasteiger partial charge in [-0.1, -0.05) is 0 Å². The third-order valence-electron chi connectivity index (χ3n) is 5.77. The first-order valence-electron chi connectivity index (χ1n) is 9.52. The lowest BCUT2D eigenvalue weighted by atomic mass is 9.78. The van der Waals surface area contributed by atoms with Crippen molar-refractivity contribution in [2.75, 3.05) is 24.3 Å². The molecule has 0 radical (unpaired) electrons.